The molecule has 0 aliphatic carbocycles. The summed E-state index contributed by atoms with van der Waals surface area (Å²) in [6.07, 6.45) is 0.756. The predicted octanol–water partition coefficient (Wildman–Crippen LogP) is 3.21. The van der Waals surface area contributed by atoms with E-state index in [1.807, 2.05) is 35.2 Å². The second-order valence-corrected chi connectivity index (χ2v) is 6.13. The van der Waals surface area contributed by atoms with Crippen LogP contribution in [0.1, 0.15) is 22.7 Å². The summed E-state index contributed by atoms with van der Waals surface area (Å²) < 4.78 is 16.4. The van der Waals surface area contributed by atoms with E-state index in [0.717, 1.165) is 46.0 Å². The molecule has 1 N–H and O–H groups in total. The molecule has 25 heavy (non-hydrogen) atoms. The molecule has 130 valence electrons. The number of methoxy groups -OCH3 is 3. The van der Waals surface area contributed by atoms with Gasteiger partial charge in [-0.2, -0.15) is 0 Å². The lowest BCUT2D eigenvalue weighted by Gasteiger charge is -2.42. The Morgan fingerprint density at radius 3 is 2.56 bits per heavy atom. The minimum absolute atomic E-state index is 0.0915. The van der Waals surface area contributed by atoms with E-state index in [1.54, 1.807) is 21.3 Å². The van der Waals surface area contributed by atoms with E-state index in [1.165, 1.54) is 0 Å². The normalized spacial score (nSPS) is 17.8. The molecule has 2 aliphatic rings. The summed E-state index contributed by atoms with van der Waals surface area (Å²) in [6, 6.07) is 9.31. The minimum Gasteiger partial charge on any atom is -0.497 e. The Bertz CT molecular complexity index is 832. The molecule has 0 saturated carbocycles. The van der Waals surface area contributed by atoms with Crippen molar-refractivity contribution in [2.45, 2.75) is 12.5 Å². The number of urea groups is 1. The van der Waals surface area contributed by atoms with Crippen LogP contribution >= 0.6 is 0 Å². The molecule has 4 rings (SSSR count). The molecular weight excluding hydrogens is 320 g/mol. The standard InChI is InChI=1S/C19H20N2O4/c1-23-12-4-5-15-14(9-12)18-17-11(6-7-21(18)19(22)20-15)8-13(24-2)10-16(17)25-3/h4-5,8-10,18H,6-7H2,1-3H3,(H,20,22). The van der Waals surface area contributed by atoms with Crippen molar-refractivity contribution in [3.05, 3.63) is 47.0 Å². The molecule has 1 atom stereocenters. The Kier molecular flexibility index (Phi) is 3.67. The van der Waals surface area contributed by atoms with Crippen LogP contribution in [0.15, 0.2) is 30.3 Å². The maximum atomic E-state index is 12.6. The summed E-state index contributed by atoms with van der Waals surface area (Å²) in [5.74, 6) is 2.25. The highest BCUT2D eigenvalue weighted by molar-refractivity contribution is 5.94. The largest absolute Gasteiger partial charge is 0.497 e. The summed E-state index contributed by atoms with van der Waals surface area (Å²) in [5.41, 5.74) is 3.96. The highest BCUT2D eigenvalue weighted by Crippen LogP contribution is 2.47. The molecule has 2 amide bonds. The molecule has 1 unspecified atom stereocenters. The number of nitrogens with one attached hydrogen (secondary N) is 1. The zero-order valence-electron chi connectivity index (χ0n) is 14.5. The molecule has 6 heteroatoms. The van der Waals surface area contributed by atoms with E-state index in [2.05, 4.69) is 5.32 Å². The van der Waals surface area contributed by atoms with E-state index in [-0.39, 0.29) is 12.1 Å². The zero-order chi connectivity index (χ0) is 17.6. The third-order valence-electron chi connectivity index (χ3n) is 4.92. The van der Waals surface area contributed by atoms with Crippen LogP contribution in [0.25, 0.3) is 0 Å². The average molecular weight is 340 g/mol. The van der Waals surface area contributed by atoms with Gasteiger partial charge in [-0.3, -0.25) is 0 Å². The molecule has 2 aromatic rings. The van der Waals surface area contributed by atoms with Gasteiger partial charge in [0, 0.05) is 29.4 Å². The van der Waals surface area contributed by atoms with Crippen molar-refractivity contribution in [1.82, 2.24) is 4.90 Å². The molecular formula is C19H20N2O4. The number of benzene rings is 2. The van der Waals surface area contributed by atoms with Gasteiger partial charge in [-0.15, -0.1) is 0 Å². The average Bonchev–Trinajstić information content (AvgIpc) is 2.66. The third kappa shape index (κ3) is 2.36. The number of fused-ring (bicyclic) bond motifs is 5. The fraction of sp³-hybridized carbons (Fsp3) is 0.316. The number of nitrogens with zero attached hydrogens (tertiary/aromatic N) is 1. The van der Waals surface area contributed by atoms with Crippen molar-refractivity contribution >= 4 is 11.7 Å². The van der Waals surface area contributed by atoms with Crippen LogP contribution in [0, 0.1) is 0 Å². The maximum absolute atomic E-state index is 12.6. The monoisotopic (exact) mass is 340 g/mol. The number of rotatable bonds is 3. The SMILES string of the molecule is COc1cc2c(c(OC)c1)C1c3cc(OC)ccc3NC(=O)N1CC2. The molecule has 2 heterocycles. The maximum Gasteiger partial charge on any atom is 0.322 e. The molecule has 0 aromatic heterocycles. The lowest BCUT2D eigenvalue weighted by atomic mass is 9.85. The van der Waals surface area contributed by atoms with E-state index in [4.69, 9.17) is 14.2 Å². The lowest BCUT2D eigenvalue weighted by Crippen LogP contribution is -2.46. The minimum atomic E-state index is -0.205. The summed E-state index contributed by atoms with van der Waals surface area (Å²) in [6.45, 7) is 0.635. The van der Waals surface area contributed by atoms with Gasteiger partial charge in [0.2, 0.25) is 0 Å². The number of hydrogen-bond acceptors (Lipinski definition) is 4. The smallest absolute Gasteiger partial charge is 0.322 e. The first-order chi connectivity index (χ1) is 12.2. The van der Waals surface area contributed by atoms with Crippen LogP contribution in [0.5, 0.6) is 17.2 Å². The highest BCUT2D eigenvalue weighted by atomic mass is 16.5. The van der Waals surface area contributed by atoms with Crippen molar-refractivity contribution in [3.8, 4) is 17.2 Å². The van der Waals surface area contributed by atoms with E-state index >= 15 is 0 Å². The van der Waals surface area contributed by atoms with Gasteiger partial charge in [0.1, 0.15) is 17.2 Å². The van der Waals surface area contributed by atoms with Gasteiger partial charge in [0.15, 0.2) is 0 Å². The van der Waals surface area contributed by atoms with Gasteiger partial charge in [0.25, 0.3) is 0 Å². The molecule has 2 aromatic carbocycles. The van der Waals surface area contributed by atoms with Gasteiger partial charge in [0.05, 0.1) is 27.4 Å². The number of hydrogen-bond donors (Lipinski definition) is 1. The number of amides is 2. The van der Waals surface area contributed by atoms with Gasteiger partial charge < -0.3 is 24.4 Å². The van der Waals surface area contributed by atoms with E-state index in [9.17, 15) is 4.79 Å². The molecule has 2 aliphatic heterocycles. The molecule has 0 radical (unpaired) electrons. The van der Waals surface area contributed by atoms with Crippen LogP contribution in [0.2, 0.25) is 0 Å². The fourth-order valence-corrected chi connectivity index (χ4v) is 3.72. The number of ether oxygens (including phenoxy) is 3. The molecule has 0 bridgehead atoms. The first kappa shape index (κ1) is 15.6. The first-order valence-electron chi connectivity index (χ1n) is 8.16. The van der Waals surface area contributed by atoms with E-state index in [0.29, 0.717) is 6.54 Å². The fourth-order valence-electron chi connectivity index (χ4n) is 3.72. The van der Waals surface area contributed by atoms with E-state index < -0.39 is 0 Å². The van der Waals surface area contributed by atoms with Crippen LogP contribution in [0.4, 0.5) is 10.5 Å². The lowest BCUT2D eigenvalue weighted by molar-refractivity contribution is 0.189. The van der Waals surface area contributed by atoms with Crippen molar-refractivity contribution in [2.75, 3.05) is 33.2 Å². The van der Waals surface area contributed by atoms with Crippen LogP contribution < -0.4 is 19.5 Å². The summed E-state index contributed by atoms with van der Waals surface area (Å²) >= 11 is 0. The Hall–Kier alpha value is -2.89. The number of anilines is 1. The second kappa shape index (κ2) is 5.88. The Morgan fingerprint density at radius 1 is 1.04 bits per heavy atom. The molecule has 0 spiro atoms. The quantitative estimate of drug-likeness (QED) is 0.932. The first-order valence-corrected chi connectivity index (χ1v) is 8.16. The summed E-state index contributed by atoms with van der Waals surface area (Å²) in [5, 5.41) is 2.97. The van der Waals surface area contributed by atoms with Crippen LogP contribution in [-0.4, -0.2) is 38.8 Å². The van der Waals surface area contributed by atoms with Gasteiger partial charge in [-0.05, 0) is 36.2 Å². The number of carbonyl (C=O) groups is 1. The van der Waals surface area contributed by atoms with Crippen molar-refractivity contribution in [2.24, 2.45) is 0 Å². The van der Waals surface area contributed by atoms with Crippen LogP contribution in [-0.2, 0) is 6.42 Å². The predicted molar refractivity (Wildman–Crippen MR) is 93.8 cm³/mol. The summed E-state index contributed by atoms with van der Waals surface area (Å²) in [7, 11) is 4.93. The molecule has 0 fully saturated rings. The summed E-state index contributed by atoms with van der Waals surface area (Å²) in [4.78, 5) is 14.4. The van der Waals surface area contributed by atoms with Gasteiger partial charge in [-0.1, -0.05) is 0 Å². The Morgan fingerprint density at radius 2 is 1.84 bits per heavy atom. The Labute approximate surface area is 146 Å². The highest BCUT2D eigenvalue weighted by Gasteiger charge is 2.39. The van der Waals surface area contributed by atoms with Crippen LogP contribution in [0.3, 0.4) is 0 Å². The third-order valence-corrected chi connectivity index (χ3v) is 4.92. The number of carbonyl (C=O) groups excluding carboxylic acids is 1. The van der Waals surface area contributed by atoms with Crippen molar-refractivity contribution < 1.29 is 19.0 Å². The van der Waals surface area contributed by atoms with Crippen molar-refractivity contribution in [3.63, 3.8) is 0 Å². The zero-order valence-corrected chi connectivity index (χ0v) is 14.5. The molecule has 6 nitrogen and oxygen atoms in total. The Balaban J connectivity index is 1.95. The second-order valence-electron chi connectivity index (χ2n) is 6.13. The van der Waals surface area contributed by atoms with Gasteiger partial charge >= 0.3 is 6.03 Å². The van der Waals surface area contributed by atoms with Crippen molar-refractivity contribution in [1.29, 1.82) is 0 Å². The van der Waals surface area contributed by atoms with Gasteiger partial charge in [-0.25, -0.2) is 4.79 Å². The molecule has 0 saturated heterocycles. The topological polar surface area (TPSA) is 60.0 Å².